The Hall–Kier alpha value is -2.27. The second-order valence-electron chi connectivity index (χ2n) is 6.39. The molecule has 0 aromatic carbocycles. The second-order valence-corrected chi connectivity index (χ2v) is 6.39. The summed E-state index contributed by atoms with van der Waals surface area (Å²) in [6.45, 7) is 2.74. The van der Waals surface area contributed by atoms with Crippen molar-refractivity contribution in [1.29, 1.82) is 15.8 Å². The van der Waals surface area contributed by atoms with E-state index in [0.29, 0.717) is 19.6 Å². The number of nitriles is 3. The number of fused-ring (bicyclic) bond motifs is 1. The Balaban J connectivity index is 2.16. The van der Waals surface area contributed by atoms with Crippen LogP contribution in [-0.2, 0) is 9.47 Å². The van der Waals surface area contributed by atoms with Crippen LogP contribution in [0.3, 0.4) is 0 Å². The SMILES string of the molecule is N#CC1=C(N)O[C@@]2([NH+]3CCOCC3)CCCC[C@@H]2C1(C#N)C#N. The molecule has 3 N–H and O–H groups in total. The van der Waals surface area contributed by atoms with E-state index in [0.717, 1.165) is 32.4 Å². The van der Waals surface area contributed by atoms with Gasteiger partial charge in [0.25, 0.3) is 0 Å². The topological polar surface area (TPSA) is 120 Å². The molecular formula is C16H20N5O2+. The lowest BCUT2D eigenvalue weighted by Gasteiger charge is -2.53. The van der Waals surface area contributed by atoms with Crippen molar-refractivity contribution >= 4 is 0 Å². The fraction of sp³-hybridized carbons (Fsp3) is 0.688. The van der Waals surface area contributed by atoms with Gasteiger partial charge in [0.05, 0.1) is 31.3 Å². The van der Waals surface area contributed by atoms with E-state index in [-0.39, 0.29) is 17.4 Å². The molecule has 2 heterocycles. The molecule has 0 spiro atoms. The maximum atomic E-state index is 9.81. The first kappa shape index (κ1) is 15.6. The van der Waals surface area contributed by atoms with Crippen LogP contribution in [0.25, 0.3) is 0 Å². The van der Waals surface area contributed by atoms with Crippen LogP contribution in [0.15, 0.2) is 11.5 Å². The number of quaternary nitrogens is 1. The number of hydrogen-bond donors (Lipinski definition) is 2. The Kier molecular flexibility index (Phi) is 3.90. The van der Waals surface area contributed by atoms with Gasteiger partial charge in [0.15, 0.2) is 5.41 Å². The van der Waals surface area contributed by atoms with Gasteiger partial charge in [-0.15, -0.1) is 0 Å². The zero-order valence-corrected chi connectivity index (χ0v) is 13.0. The normalized spacial score (nSPS) is 33.5. The fourth-order valence-corrected chi connectivity index (χ4v) is 4.42. The van der Waals surface area contributed by atoms with Crippen LogP contribution < -0.4 is 10.6 Å². The summed E-state index contributed by atoms with van der Waals surface area (Å²) in [5, 5.41) is 29.1. The van der Waals surface area contributed by atoms with E-state index in [1.807, 2.05) is 6.07 Å². The van der Waals surface area contributed by atoms with E-state index < -0.39 is 11.1 Å². The number of nitrogens with zero attached hydrogens (tertiary/aromatic N) is 3. The molecule has 2 atom stereocenters. The minimum Gasteiger partial charge on any atom is -0.424 e. The summed E-state index contributed by atoms with van der Waals surface area (Å²) in [6.07, 6.45) is 3.30. The van der Waals surface area contributed by atoms with Crippen molar-refractivity contribution in [3.8, 4) is 18.2 Å². The van der Waals surface area contributed by atoms with Crippen molar-refractivity contribution in [2.75, 3.05) is 26.3 Å². The highest BCUT2D eigenvalue weighted by Crippen LogP contribution is 2.51. The van der Waals surface area contributed by atoms with Crippen LogP contribution in [0.5, 0.6) is 0 Å². The first-order chi connectivity index (χ1) is 11.1. The van der Waals surface area contributed by atoms with Crippen LogP contribution in [0, 0.1) is 45.3 Å². The van der Waals surface area contributed by atoms with Gasteiger partial charge >= 0.3 is 0 Å². The van der Waals surface area contributed by atoms with Gasteiger partial charge in [0, 0.05) is 6.42 Å². The summed E-state index contributed by atoms with van der Waals surface area (Å²) >= 11 is 0. The molecule has 2 aliphatic heterocycles. The van der Waals surface area contributed by atoms with Gasteiger partial charge in [-0.2, -0.15) is 15.8 Å². The van der Waals surface area contributed by atoms with Crippen molar-refractivity contribution in [2.45, 2.75) is 31.4 Å². The molecule has 1 saturated heterocycles. The first-order valence-electron chi connectivity index (χ1n) is 7.99. The number of allylic oxidation sites excluding steroid dienone is 1. The number of nitrogens with one attached hydrogen (secondary N) is 1. The zero-order chi connectivity index (χ0) is 16.5. The maximum absolute atomic E-state index is 9.81. The largest absolute Gasteiger partial charge is 0.424 e. The lowest BCUT2D eigenvalue weighted by molar-refractivity contribution is -0.992. The Bertz CT molecular complexity index is 633. The smallest absolute Gasteiger partial charge is 0.249 e. The van der Waals surface area contributed by atoms with E-state index in [1.165, 1.54) is 4.90 Å². The van der Waals surface area contributed by atoms with E-state index in [4.69, 9.17) is 15.2 Å². The third-order valence-corrected chi connectivity index (χ3v) is 5.47. The molecule has 0 radical (unpaired) electrons. The third kappa shape index (κ3) is 2.07. The summed E-state index contributed by atoms with van der Waals surface area (Å²) in [6, 6.07) is 6.18. The average molecular weight is 314 g/mol. The van der Waals surface area contributed by atoms with Crippen molar-refractivity contribution in [3.05, 3.63) is 11.5 Å². The number of morpholine rings is 1. The second kappa shape index (κ2) is 5.74. The molecule has 0 aromatic heterocycles. The number of rotatable bonds is 1. The molecule has 7 nitrogen and oxygen atoms in total. The lowest BCUT2D eigenvalue weighted by Crippen LogP contribution is -3.23. The highest BCUT2D eigenvalue weighted by atomic mass is 16.5. The molecular weight excluding hydrogens is 294 g/mol. The minimum absolute atomic E-state index is 0.0299. The number of ether oxygens (including phenoxy) is 2. The van der Waals surface area contributed by atoms with E-state index >= 15 is 0 Å². The summed E-state index contributed by atoms with van der Waals surface area (Å²) in [7, 11) is 0. The predicted molar refractivity (Wildman–Crippen MR) is 77.8 cm³/mol. The van der Waals surface area contributed by atoms with Gasteiger partial charge in [-0.05, 0) is 12.8 Å². The molecule has 23 heavy (non-hydrogen) atoms. The molecule has 0 unspecified atom stereocenters. The van der Waals surface area contributed by atoms with Crippen LogP contribution >= 0.6 is 0 Å². The van der Waals surface area contributed by atoms with E-state index in [2.05, 4.69) is 12.1 Å². The lowest BCUT2D eigenvalue weighted by atomic mass is 9.61. The molecule has 7 heteroatoms. The molecule has 1 aliphatic carbocycles. The Labute approximate surface area is 135 Å². The predicted octanol–water partition coefficient (Wildman–Crippen LogP) is -0.454. The van der Waals surface area contributed by atoms with E-state index in [9.17, 15) is 15.8 Å². The van der Waals surface area contributed by atoms with E-state index in [1.54, 1.807) is 0 Å². The molecule has 0 bridgehead atoms. The summed E-state index contributed by atoms with van der Waals surface area (Å²) in [4.78, 5) is 1.17. The highest BCUT2D eigenvalue weighted by Gasteiger charge is 2.66. The summed E-state index contributed by atoms with van der Waals surface area (Å²) in [5.74, 6) is -0.415. The van der Waals surface area contributed by atoms with Crippen molar-refractivity contribution < 1.29 is 14.4 Å². The van der Waals surface area contributed by atoms with Crippen molar-refractivity contribution in [1.82, 2.24) is 0 Å². The van der Waals surface area contributed by atoms with Crippen LogP contribution in [0.1, 0.15) is 25.7 Å². The van der Waals surface area contributed by atoms with Gasteiger partial charge < -0.3 is 15.2 Å². The van der Waals surface area contributed by atoms with Crippen LogP contribution in [0.2, 0.25) is 0 Å². The van der Waals surface area contributed by atoms with Gasteiger partial charge in [0.1, 0.15) is 24.7 Å². The van der Waals surface area contributed by atoms with Crippen LogP contribution in [-0.4, -0.2) is 32.0 Å². The molecule has 0 aromatic rings. The molecule has 0 amide bonds. The quantitative estimate of drug-likeness (QED) is 0.676. The molecule has 120 valence electrons. The molecule has 3 rings (SSSR count). The maximum Gasteiger partial charge on any atom is 0.249 e. The Morgan fingerprint density at radius 3 is 2.43 bits per heavy atom. The van der Waals surface area contributed by atoms with Crippen molar-refractivity contribution in [3.63, 3.8) is 0 Å². The van der Waals surface area contributed by atoms with Crippen molar-refractivity contribution in [2.24, 2.45) is 17.1 Å². The average Bonchev–Trinajstić information content (AvgIpc) is 2.61. The van der Waals surface area contributed by atoms with Gasteiger partial charge in [0.2, 0.25) is 11.6 Å². The Morgan fingerprint density at radius 1 is 1.13 bits per heavy atom. The minimum atomic E-state index is -1.52. The van der Waals surface area contributed by atoms with Gasteiger partial charge in [-0.25, -0.2) is 0 Å². The van der Waals surface area contributed by atoms with Gasteiger partial charge in [-0.3, -0.25) is 4.90 Å². The third-order valence-electron chi connectivity index (χ3n) is 5.47. The Morgan fingerprint density at radius 2 is 1.83 bits per heavy atom. The standard InChI is InChI=1S/C16H19N5O2/c17-9-12-14(20)23-16(21-5-7-22-8-6-21)4-2-1-3-13(16)15(12,10-18)11-19/h13H,1-8,20H2/p+1/t13-,16+/m1/s1. The highest BCUT2D eigenvalue weighted by molar-refractivity contribution is 5.46. The fourth-order valence-electron chi connectivity index (χ4n) is 4.42. The molecule has 1 saturated carbocycles. The first-order valence-corrected chi connectivity index (χ1v) is 7.99. The van der Waals surface area contributed by atoms with Gasteiger partial charge in [-0.1, -0.05) is 6.42 Å². The number of hydrogen-bond acceptors (Lipinski definition) is 6. The molecule has 3 aliphatic rings. The summed E-state index contributed by atoms with van der Waals surface area (Å²) < 4.78 is 11.6. The van der Waals surface area contributed by atoms with Crippen LogP contribution in [0.4, 0.5) is 0 Å². The number of nitrogens with two attached hydrogens (primary N) is 1. The zero-order valence-electron chi connectivity index (χ0n) is 13.0. The molecule has 2 fully saturated rings. The summed E-state index contributed by atoms with van der Waals surface area (Å²) in [5.41, 5.74) is 3.74. The monoisotopic (exact) mass is 314 g/mol.